The van der Waals surface area contributed by atoms with Gasteiger partial charge < -0.3 is 15.2 Å². The third-order valence-electron chi connectivity index (χ3n) is 6.02. The van der Waals surface area contributed by atoms with Crippen molar-refractivity contribution in [3.05, 3.63) is 71.4 Å². The number of hydrogen-bond donors (Lipinski definition) is 1. The van der Waals surface area contributed by atoms with Crippen LogP contribution in [0.25, 0.3) is 10.9 Å². The number of fused-ring (bicyclic) bond motifs is 1. The topological polar surface area (TPSA) is 74.4 Å². The maximum atomic E-state index is 12.6. The van der Waals surface area contributed by atoms with Gasteiger partial charge in [0.2, 0.25) is 0 Å². The van der Waals surface area contributed by atoms with Crippen molar-refractivity contribution >= 4 is 34.1 Å². The van der Waals surface area contributed by atoms with Crippen LogP contribution in [0, 0.1) is 18.3 Å². The molecule has 2 N–H and O–H groups in total. The maximum Gasteiger partial charge on any atom is 0.310 e. The molecule has 0 aliphatic heterocycles. The lowest BCUT2D eigenvalue weighted by molar-refractivity contribution is -0.157. The number of nitrogens with zero attached hydrogens (tertiary/aromatic N) is 1. The fourth-order valence-electron chi connectivity index (χ4n) is 4.29. The van der Waals surface area contributed by atoms with E-state index in [1.807, 2.05) is 70.2 Å². The molecule has 6 heteroatoms. The smallest absolute Gasteiger partial charge is 0.310 e. The van der Waals surface area contributed by atoms with Crippen LogP contribution in [0.15, 0.2) is 54.6 Å². The van der Waals surface area contributed by atoms with Crippen LogP contribution in [0.3, 0.4) is 0 Å². The number of carbonyl (C=O) groups excluding carboxylic acids is 1. The Morgan fingerprint density at radius 3 is 2.55 bits per heavy atom. The Morgan fingerprint density at radius 1 is 1.18 bits per heavy atom. The van der Waals surface area contributed by atoms with Crippen LogP contribution in [0.1, 0.15) is 44.0 Å². The number of nitrogens with two attached hydrogens (primary N) is 1. The minimum atomic E-state index is -0.528. The first-order chi connectivity index (χ1) is 15.6. The molecule has 1 aliphatic carbocycles. The van der Waals surface area contributed by atoms with Gasteiger partial charge in [-0.15, -0.1) is 0 Å². The van der Waals surface area contributed by atoms with E-state index in [4.69, 9.17) is 27.4 Å². The van der Waals surface area contributed by atoms with Crippen molar-refractivity contribution in [2.45, 2.75) is 52.7 Å². The molecule has 0 saturated heterocycles. The van der Waals surface area contributed by atoms with Gasteiger partial charge in [-0.1, -0.05) is 42.5 Å². The van der Waals surface area contributed by atoms with Crippen molar-refractivity contribution in [3.8, 4) is 5.75 Å². The number of benzene rings is 2. The van der Waals surface area contributed by atoms with Gasteiger partial charge in [-0.2, -0.15) is 0 Å². The summed E-state index contributed by atoms with van der Waals surface area (Å²) in [5.41, 5.74) is 9.14. The van der Waals surface area contributed by atoms with E-state index in [1.165, 1.54) is 0 Å². The Bertz CT molecular complexity index is 1200. The second-order valence-electron chi connectivity index (χ2n) is 9.86. The molecule has 0 amide bonds. The number of esters is 1. The number of ether oxygens (including phenoxy) is 2. The van der Waals surface area contributed by atoms with Gasteiger partial charge in [-0.3, -0.25) is 9.78 Å². The minimum absolute atomic E-state index is 0.227. The SMILES string of the molecule is Cc1cc(COc2ccc(CC3(C(N)=S)CC3C(=O)OC(C)(C)C)cc2)c2ccccc2n1. The van der Waals surface area contributed by atoms with E-state index in [-0.39, 0.29) is 11.9 Å². The summed E-state index contributed by atoms with van der Waals surface area (Å²) in [7, 11) is 0. The fourth-order valence-corrected chi connectivity index (χ4v) is 4.58. The van der Waals surface area contributed by atoms with Crippen LogP contribution < -0.4 is 10.5 Å². The third kappa shape index (κ3) is 5.17. The average molecular weight is 463 g/mol. The zero-order valence-electron chi connectivity index (χ0n) is 19.6. The van der Waals surface area contributed by atoms with E-state index < -0.39 is 11.0 Å². The Labute approximate surface area is 200 Å². The normalized spacial score (nSPS) is 19.8. The van der Waals surface area contributed by atoms with E-state index in [9.17, 15) is 4.79 Å². The molecule has 1 aromatic heterocycles. The average Bonchev–Trinajstić information content (AvgIpc) is 3.47. The van der Waals surface area contributed by atoms with Crippen molar-refractivity contribution in [1.29, 1.82) is 0 Å². The number of carbonyl (C=O) groups is 1. The Balaban J connectivity index is 1.43. The molecule has 1 fully saturated rings. The summed E-state index contributed by atoms with van der Waals surface area (Å²) in [5.74, 6) is 0.268. The summed E-state index contributed by atoms with van der Waals surface area (Å²) in [6, 6.07) is 18.1. The van der Waals surface area contributed by atoms with Gasteiger partial charge in [0.15, 0.2) is 0 Å². The fraction of sp³-hybridized carbons (Fsp3) is 0.370. The quantitative estimate of drug-likeness (QED) is 0.379. The highest BCUT2D eigenvalue weighted by Gasteiger charge is 2.61. The van der Waals surface area contributed by atoms with Gasteiger partial charge >= 0.3 is 5.97 Å². The van der Waals surface area contributed by atoms with Gasteiger partial charge in [-0.25, -0.2) is 0 Å². The lowest BCUT2D eigenvalue weighted by Crippen LogP contribution is -2.32. The molecule has 3 aromatic rings. The van der Waals surface area contributed by atoms with E-state index in [0.29, 0.717) is 24.4 Å². The van der Waals surface area contributed by atoms with Crippen molar-refractivity contribution in [3.63, 3.8) is 0 Å². The summed E-state index contributed by atoms with van der Waals surface area (Å²) < 4.78 is 11.6. The van der Waals surface area contributed by atoms with E-state index >= 15 is 0 Å². The standard InChI is InChI=1S/C27H30N2O3S/c1-17-13-19(21-7-5-6-8-23(21)29-17)16-31-20-11-9-18(10-12-20)14-27(25(28)33)15-22(27)24(30)32-26(2,3)4/h5-13,22H,14-16H2,1-4H3,(H2,28,33). The molecule has 2 atom stereocenters. The number of aryl methyl sites for hydroxylation is 1. The lowest BCUT2D eigenvalue weighted by Gasteiger charge is -2.21. The third-order valence-corrected chi connectivity index (χ3v) is 6.43. The number of para-hydroxylation sites is 1. The van der Waals surface area contributed by atoms with E-state index in [0.717, 1.165) is 33.5 Å². The first kappa shape index (κ1) is 23.2. The Hall–Kier alpha value is -2.99. The van der Waals surface area contributed by atoms with Crippen molar-refractivity contribution in [2.75, 3.05) is 0 Å². The molecule has 0 spiro atoms. The molecule has 4 rings (SSSR count). The monoisotopic (exact) mass is 462 g/mol. The zero-order valence-corrected chi connectivity index (χ0v) is 20.4. The number of pyridine rings is 1. The molecule has 2 unspecified atom stereocenters. The number of thiocarbonyl (C=S) groups is 1. The van der Waals surface area contributed by atoms with Crippen molar-refractivity contribution in [1.82, 2.24) is 4.98 Å². The first-order valence-corrected chi connectivity index (χ1v) is 11.6. The molecule has 0 bridgehead atoms. The van der Waals surface area contributed by atoms with Crippen LogP contribution in [0.4, 0.5) is 0 Å². The van der Waals surface area contributed by atoms with Crippen LogP contribution in [-0.2, 0) is 22.6 Å². The Morgan fingerprint density at radius 2 is 1.88 bits per heavy atom. The summed E-state index contributed by atoms with van der Waals surface area (Å²) in [6.45, 7) is 8.05. The molecule has 5 nitrogen and oxygen atoms in total. The summed E-state index contributed by atoms with van der Waals surface area (Å²) in [4.78, 5) is 17.5. The second kappa shape index (κ2) is 8.75. The van der Waals surface area contributed by atoms with E-state index in [1.54, 1.807) is 0 Å². The molecule has 1 aliphatic rings. The van der Waals surface area contributed by atoms with Gasteiger partial charge in [0, 0.05) is 22.1 Å². The van der Waals surface area contributed by atoms with Crippen LogP contribution in [-0.4, -0.2) is 21.5 Å². The van der Waals surface area contributed by atoms with Gasteiger partial charge in [0.05, 0.1) is 16.4 Å². The van der Waals surface area contributed by atoms with Gasteiger partial charge in [-0.05, 0) is 70.4 Å². The van der Waals surface area contributed by atoms with E-state index in [2.05, 4.69) is 17.1 Å². The van der Waals surface area contributed by atoms with Gasteiger partial charge in [0.25, 0.3) is 0 Å². The van der Waals surface area contributed by atoms with Crippen LogP contribution in [0.2, 0.25) is 0 Å². The zero-order chi connectivity index (χ0) is 23.8. The molecule has 2 aromatic carbocycles. The van der Waals surface area contributed by atoms with Gasteiger partial charge in [0.1, 0.15) is 18.0 Å². The molecule has 1 saturated carbocycles. The second-order valence-corrected chi connectivity index (χ2v) is 10.3. The molecular weight excluding hydrogens is 432 g/mol. The molecule has 172 valence electrons. The lowest BCUT2D eigenvalue weighted by atomic mass is 9.93. The Kier molecular flexibility index (Phi) is 6.14. The highest BCUT2D eigenvalue weighted by molar-refractivity contribution is 7.80. The highest BCUT2D eigenvalue weighted by atomic mass is 32.1. The molecular formula is C27H30N2O3S. The predicted molar refractivity (Wildman–Crippen MR) is 134 cm³/mol. The van der Waals surface area contributed by atoms with Crippen molar-refractivity contribution < 1.29 is 14.3 Å². The maximum absolute atomic E-state index is 12.6. The minimum Gasteiger partial charge on any atom is -0.489 e. The first-order valence-electron chi connectivity index (χ1n) is 11.2. The summed E-state index contributed by atoms with van der Waals surface area (Å²) in [6.07, 6.45) is 1.24. The van der Waals surface area contributed by atoms with Crippen molar-refractivity contribution in [2.24, 2.45) is 17.1 Å². The molecule has 33 heavy (non-hydrogen) atoms. The summed E-state index contributed by atoms with van der Waals surface area (Å²) >= 11 is 5.34. The summed E-state index contributed by atoms with van der Waals surface area (Å²) in [5, 5.41) is 1.10. The van der Waals surface area contributed by atoms with Crippen LogP contribution in [0.5, 0.6) is 5.75 Å². The highest BCUT2D eigenvalue weighted by Crippen LogP contribution is 2.56. The van der Waals surface area contributed by atoms with Crippen LogP contribution >= 0.6 is 12.2 Å². The predicted octanol–water partition coefficient (Wildman–Crippen LogP) is 5.30. The molecule has 0 radical (unpaired) electrons. The number of aromatic nitrogens is 1. The number of rotatable bonds is 7. The molecule has 1 heterocycles. The number of hydrogen-bond acceptors (Lipinski definition) is 5. The largest absolute Gasteiger partial charge is 0.489 e.